The van der Waals surface area contributed by atoms with Gasteiger partial charge in [-0.15, -0.1) is 0 Å². The summed E-state index contributed by atoms with van der Waals surface area (Å²) in [6, 6.07) is 0. The van der Waals surface area contributed by atoms with E-state index in [1.165, 1.54) is 6.92 Å². The molecule has 0 aromatic heterocycles. The number of ketones is 1. The van der Waals surface area contributed by atoms with E-state index in [9.17, 15) is 19.5 Å². The van der Waals surface area contributed by atoms with Crippen molar-refractivity contribution in [1.82, 2.24) is 0 Å². The Kier molecular flexibility index (Phi) is 7.31. The second-order valence-electron chi connectivity index (χ2n) is 14.0. The molecule has 5 aliphatic rings. The third-order valence-electron chi connectivity index (χ3n) is 11.2. The Labute approximate surface area is 244 Å². The molecule has 2 fully saturated rings. The zero-order valence-corrected chi connectivity index (χ0v) is 25.9. The maximum absolute atomic E-state index is 14.7. The maximum Gasteiger partial charge on any atom is 0.346 e. The molecule has 0 amide bonds. The molecule has 1 saturated carbocycles. The van der Waals surface area contributed by atoms with E-state index in [1.807, 2.05) is 13.8 Å². The van der Waals surface area contributed by atoms with Crippen LogP contribution >= 0.6 is 0 Å². The van der Waals surface area contributed by atoms with Crippen molar-refractivity contribution in [3.05, 3.63) is 58.4 Å². The van der Waals surface area contributed by atoms with Gasteiger partial charge in [-0.25, -0.2) is 4.79 Å². The summed E-state index contributed by atoms with van der Waals surface area (Å²) in [7, 11) is 0. The lowest BCUT2D eigenvalue weighted by molar-refractivity contribution is -0.162. The van der Waals surface area contributed by atoms with Gasteiger partial charge in [0.2, 0.25) is 5.78 Å². The molecule has 2 bridgehead atoms. The van der Waals surface area contributed by atoms with Gasteiger partial charge in [-0.1, -0.05) is 67.9 Å². The lowest BCUT2D eigenvalue weighted by Gasteiger charge is -2.54. The van der Waals surface area contributed by atoms with Crippen LogP contribution in [0.5, 0.6) is 0 Å². The molecule has 41 heavy (non-hydrogen) atoms. The quantitative estimate of drug-likeness (QED) is 0.208. The lowest BCUT2D eigenvalue weighted by atomic mass is 9.50. The van der Waals surface area contributed by atoms with Crippen LogP contribution in [-0.4, -0.2) is 34.5 Å². The lowest BCUT2D eigenvalue weighted by Crippen LogP contribution is -2.54. The van der Waals surface area contributed by atoms with Crippen molar-refractivity contribution in [1.29, 1.82) is 0 Å². The number of ether oxygens (including phenoxy) is 2. The van der Waals surface area contributed by atoms with Crippen LogP contribution in [0.1, 0.15) is 87.5 Å². The van der Waals surface area contributed by atoms with Gasteiger partial charge in [0.1, 0.15) is 17.4 Å². The monoisotopic (exact) mass is 562 g/mol. The SMILES string of the molecule is CC(=O)O[C@H]1CC[C@H](C)[C@@H]2[C@@H]1C=CC1C(C)=CCCC(C)=C[C@@]3(C)C=C(C)[C@H](C)C[C@]34OC(=O)C(=C(O)[C@]12C)C4=O. The van der Waals surface area contributed by atoms with Crippen LogP contribution in [0.2, 0.25) is 0 Å². The first-order valence-electron chi connectivity index (χ1n) is 15.3. The summed E-state index contributed by atoms with van der Waals surface area (Å²) in [4.78, 5) is 40.6. The molecule has 1 N–H and O–H groups in total. The van der Waals surface area contributed by atoms with Crippen LogP contribution in [0.15, 0.2) is 58.4 Å². The summed E-state index contributed by atoms with van der Waals surface area (Å²) < 4.78 is 12.0. The van der Waals surface area contributed by atoms with Crippen LogP contribution in [-0.2, 0) is 23.9 Å². The second-order valence-corrected chi connectivity index (χ2v) is 14.0. The molecular formula is C35H46O6. The number of aliphatic hydroxyl groups excluding tert-OH is 1. The van der Waals surface area contributed by atoms with Crippen LogP contribution in [0, 0.1) is 40.4 Å². The molecule has 9 atom stereocenters. The number of rotatable bonds is 1. The Morgan fingerprint density at radius 2 is 1.76 bits per heavy atom. The number of esters is 2. The normalized spacial score (nSPS) is 42.7. The number of aliphatic hydroxyl groups is 1. The van der Waals surface area contributed by atoms with E-state index in [1.54, 1.807) is 0 Å². The van der Waals surface area contributed by atoms with Crippen molar-refractivity contribution in [3.63, 3.8) is 0 Å². The predicted molar refractivity (Wildman–Crippen MR) is 158 cm³/mol. The third-order valence-corrected chi connectivity index (χ3v) is 11.2. The molecular weight excluding hydrogens is 516 g/mol. The first kappa shape index (κ1) is 29.6. The van der Waals surface area contributed by atoms with Crippen molar-refractivity contribution in [2.75, 3.05) is 0 Å². The zero-order valence-electron chi connectivity index (χ0n) is 25.9. The highest BCUT2D eigenvalue weighted by atomic mass is 16.6. The minimum atomic E-state index is -1.42. The Morgan fingerprint density at radius 1 is 1.05 bits per heavy atom. The number of Topliss-reactive ketones (excluding diaryl/α,β-unsaturated/α-hetero) is 1. The van der Waals surface area contributed by atoms with Gasteiger partial charge in [0.15, 0.2) is 5.60 Å². The molecule has 0 radical (unpaired) electrons. The highest BCUT2D eigenvalue weighted by molar-refractivity contribution is 6.26. The smallest absolute Gasteiger partial charge is 0.346 e. The number of carbonyl (C=O) groups excluding carboxylic acids is 3. The minimum absolute atomic E-state index is 0.0443. The summed E-state index contributed by atoms with van der Waals surface area (Å²) in [6.45, 7) is 15.8. The number of carbonyl (C=O) groups is 3. The standard InChI is InChI=1S/C35H46O6/c1-19-10-9-11-20(2)26-14-13-25-27(40-24(6)36)15-12-21(3)29(25)34(26,8)30(37)28-31(38)35(41-32(28)39)18-23(5)22(4)17-33(35,7)16-19/h11,13-14,16-17,21,23,25-27,29,37H,9-10,12,15,18H2,1-8H3/t21-,23+,25+,26?,27-,29+,33-,34+,35+/m0/s1. The first-order valence-corrected chi connectivity index (χ1v) is 15.3. The van der Waals surface area contributed by atoms with Gasteiger partial charge in [-0.3, -0.25) is 9.59 Å². The summed E-state index contributed by atoms with van der Waals surface area (Å²) in [5.74, 6) is -2.02. The predicted octanol–water partition coefficient (Wildman–Crippen LogP) is 7.13. The average molecular weight is 563 g/mol. The van der Waals surface area contributed by atoms with E-state index in [0.717, 1.165) is 42.4 Å². The van der Waals surface area contributed by atoms with E-state index in [-0.39, 0.29) is 53.0 Å². The minimum Gasteiger partial charge on any atom is -0.511 e. The molecule has 1 spiro atoms. The van der Waals surface area contributed by atoms with Crippen LogP contribution in [0.4, 0.5) is 0 Å². The van der Waals surface area contributed by atoms with Crippen LogP contribution in [0.3, 0.4) is 0 Å². The van der Waals surface area contributed by atoms with Crippen molar-refractivity contribution in [3.8, 4) is 0 Å². The highest BCUT2D eigenvalue weighted by Gasteiger charge is 2.66. The Bertz CT molecular complexity index is 1330. The number of allylic oxidation sites excluding steroid dienone is 6. The average Bonchev–Trinajstić information content (AvgIpc) is 3.13. The van der Waals surface area contributed by atoms with Gasteiger partial charge in [0.25, 0.3) is 0 Å². The molecule has 1 aliphatic heterocycles. The summed E-state index contributed by atoms with van der Waals surface area (Å²) >= 11 is 0. The first-order chi connectivity index (χ1) is 19.2. The van der Waals surface area contributed by atoms with Crippen molar-refractivity contribution in [2.45, 2.75) is 99.2 Å². The fraction of sp³-hybridized carbons (Fsp3) is 0.629. The van der Waals surface area contributed by atoms with E-state index in [2.05, 4.69) is 65.0 Å². The van der Waals surface area contributed by atoms with Crippen molar-refractivity contribution >= 4 is 17.7 Å². The molecule has 6 heteroatoms. The molecule has 1 heterocycles. The molecule has 1 unspecified atom stereocenters. The van der Waals surface area contributed by atoms with Crippen LogP contribution < -0.4 is 0 Å². The summed E-state index contributed by atoms with van der Waals surface area (Å²) in [5, 5.41) is 12.4. The summed E-state index contributed by atoms with van der Waals surface area (Å²) in [6.07, 6.45) is 13.9. The van der Waals surface area contributed by atoms with E-state index < -0.39 is 28.2 Å². The van der Waals surface area contributed by atoms with Gasteiger partial charge in [-0.05, 0) is 71.1 Å². The largest absolute Gasteiger partial charge is 0.511 e. The molecule has 1 saturated heterocycles. The third kappa shape index (κ3) is 4.39. The zero-order chi connectivity index (χ0) is 30.1. The van der Waals surface area contributed by atoms with Gasteiger partial charge in [-0.2, -0.15) is 0 Å². The van der Waals surface area contributed by atoms with E-state index >= 15 is 0 Å². The topological polar surface area (TPSA) is 89.9 Å². The second kappa shape index (κ2) is 10.1. The highest BCUT2D eigenvalue weighted by Crippen LogP contribution is 2.60. The van der Waals surface area contributed by atoms with E-state index in [4.69, 9.17) is 9.47 Å². The molecule has 6 nitrogen and oxygen atoms in total. The Balaban J connectivity index is 1.77. The van der Waals surface area contributed by atoms with Crippen LogP contribution in [0.25, 0.3) is 0 Å². The van der Waals surface area contributed by atoms with Gasteiger partial charge < -0.3 is 14.6 Å². The Hall–Kier alpha value is -2.89. The van der Waals surface area contributed by atoms with E-state index in [0.29, 0.717) is 6.42 Å². The van der Waals surface area contributed by atoms with Gasteiger partial charge >= 0.3 is 11.9 Å². The molecule has 0 aromatic carbocycles. The van der Waals surface area contributed by atoms with Crippen molar-refractivity contribution in [2.24, 2.45) is 40.4 Å². The number of hydrogen-bond donors (Lipinski definition) is 1. The molecule has 4 aliphatic carbocycles. The molecule has 5 rings (SSSR count). The Morgan fingerprint density at radius 3 is 2.44 bits per heavy atom. The van der Waals surface area contributed by atoms with Gasteiger partial charge in [0.05, 0.1) is 5.41 Å². The fourth-order valence-corrected chi connectivity index (χ4v) is 9.02. The van der Waals surface area contributed by atoms with Gasteiger partial charge in [0, 0.05) is 30.6 Å². The molecule has 0 aromatic rings. The molecule has 222 valence electrons. The van der Waals surface area contributed by atoms with Crippen molar-refractivity contribution < 1.29 is 29.0 Å². The fourth-order valence-electron chi connectivity index (χ4n) is 9.02. The summed E-state index contributed by atoms with van der Waals surface area (Å²) in [5.41, 5.74) is -0.0738. The maximum atomic E-state index is 14.7. The number of fused-ring (bicyclic) bond motifs is 4. The number of hydrogen-bond acceptors (Lipinski definition) is 6.